The van der Waals surface area contributed by atoms with E-state index in [1.54, 1.807) is 7.11 Å². The fourth-order valence-electron chi connectivity index (χ4n) is 2.88. The Morgan fingerprint density at radius 2 is 2.30 bits per heavy atom. The molecule has 0 saturated carbocycles. The molecule has 0 aliphatic carbocycles. The van der Waals surface area contributed by atoms with Crippen LogP contribution >= 0.6 is 0 Å². The van der Waals surface area contributed by atoms with Crippen LogP contribution in [0.5, 0.6) is 5.88 Å². The Morgan fingerprint density at radius 1 is 1.55 bits per heavy atom. The number of rotatable bonds is 4. The number of aromatic nitrogens is 2. The van der Waals surface area contributed by atoms with E-state index in [9.17, 15) is 9.90 Å². The number of carbonyl (C=O) groups is 1. The van der Waals surface area contributed by atoms with Crippen molar-refractivity contribution in [2.45, 2.75) is 33.1 Å². The molecule has 1 atom stereocenters. The molecule has 2 heterocycles. The predicted octanol–water partition coefficient (Wildman–Crippen LogP) is 1.87. The summed E-state index contributed by atoms with van der Waals surface area (Å²) in [6.45, 7) is 5.14. The van der Waals surface area contributed by atoms with Gasteiger partial charge in [0, 0.05) is 13.1 Å². The van der Waals surface area contributed by atoms with Gasteiger partial charge in [-0.25, -0.2) is 9.97 Å². The lowest BCUT2D eigenvalue weighted by Gasteiger charge is -2.40. The number of piperidine rings is 1. The largest absolute Gasteiger partial charge is 0.481 e. The topological polar surface area (TPSA) is 75.5 Å². The monoisotopic (exact) mass is 279 g/mol. The maximum absolute atomic E-state index is 11.6. The number of aliphatic carboxylic acids is 1. The van der Waals surface area contributed by atoms with Crippen molar-refractivity contribution in [3.8, 4) is 5.88 Å². The Bertz CT molecular complexity index is 506. The van der Waals surface area contributed by atoms with Crippen LogP contribution in [0.25, 0.3) is 0 Å². The Balaban J connectivity index is 2.32. The summed E-state index contributed by atoms with van der Waals surface area (Å²) in [6, 6.07) is 0. The second kappa shape index (κ2) is 5.64. The van der Waals surface area contributed by atoms with Gasteiger partial charge in [0.25, 0.3) is 0 Å². The van der Waals surface area contributed by atoms with Gasteiger partial charge in [0.15, 0.2) is 0 Å². The van der Waals surface area contributed by atoms with Gasteiger partial charge < -0.3 is 14.7 Å². The van der Waals surface area contributed by atoms with Crippen LogP contribution in [0.15, 0.2) is 6.33 Å². The minimum absolute atomic E-state index is 0.486. The highest BCUT2D eigenvalue weighted by Crippen LogP contribution is 2.36. The second-order valence-corrected chi connectivity index (χ2v) is 5.30. The average Bonchev–Trinajstić information content (AvgIpc) is 2.47. The first kappa shape index (κ1) is 14.6. The van der Waals surface area contributed by atoms with Crippen molar-refractivity contribution in [2.75, 3.05) is 25.1 Å². The molecular formula is C14H21N3O3. The number of carboxylic acid groups (broad SMARTS) is 1. The van der Waals surface area contributed by atoms with E-state index in [1.807, 2.05) is 18.7 Å². The third-order valence-corrected chi connectivity index (χ3v) is 4.21. The molecule has 110 valence electrons. The van der Waals surface area contributed by atoms with Crippen molar-refractivity contribution in [3.63, 3.8) is 0 Å². The molecule has 0 spiro atoms. The van der Waals surface area contributed by atoms with E-state index in [1.165, 1.54) is 6.33 Å². The Kier molecular flexibility index (Phi) is 4.11. The number of hydrogen-bond donors (Lipinski definition) is 1. The molecule has 1 aromatic rings. The fraction of sp³-hybridized carbons (Fsp3) is 0.643. The van der Waals surface area contributed by atoms with Crippen molar-refractivity contribution >= 4 is 11.8 Å². The van der Waals surface area contributed by atoms with Crippen LogP contribution in [0.2, 0.25) is 0 Å². The first-order valence-electron chi connectivity index (χ1n) is 6.88. The number of ether oxygens (including phenoxy) is 1. The molecule has 0 aromatic carbocycles. The zero-order valence-electron chi connectivity index (χ0n) is 12.2. The zero-order valence-corrected chi connectivity index (χ0v) is 12.2. The minimum Gasteiger partial charge on any atom is -0.481 e. The van der Waals surface area contributed by atoms with E-state index in [0.717, 1.165) is 30.8 Å². The van der Waals surface area contributed by atoms with Crippen LogP contribution in [0, 0.1) is 12.3 Å². The van der Waals surface area contributed by atoms with Gasteiger partial charge in [-0.2, -0.15) is 0 Å². The third kappa shape index (κ3) is 2.42. The lowest BCUT2D eigenvalue weighted by molar-refractivity contribution is -0.149. The van der Waals surface area contributed by atoms with Crippen LogP contribution < -0.4 is 9.64 Å². The van der Waals surface area contributed by atoms with Crippen LogP contribution in [0.4, 0.5) is 5.82 Å². The van der Waals surface area contributed by atoms with E-state index in [-0.39, 0.29) is 0 Å². The maximum Gasteiger partial charge on any atom is 0.311 e. The van der Waals surface area contributed by atoms with Gasteiger partial charge in [0.1, 0.15) is 12.1 Å². The van der Waals surface area contributed by atoms with Crippen LogP contribution in [0.1, 0.15) is 31.7 Å². The van der Waals surface area contributed by atoms with Crippen LogP contribution in [-0.2, 0) is 4.79 Å². The highest BCUT2D eigenvalue weighted by Gasteiger charge is 2.41. The third-order valence-electron chi connectivity index (χ3n) is 4.21. The highest BCUT2D eigenvalue weighted by molar-refractivity contribution is 5.76. The molecule has 0 radical (unpaired) electrons. The molecule has 1 saturated heterocycles. The van der Waals surface area contributed by atoms with Gasteiger partial charge in [-0.3, -0.25) is 4.79 Å². The minimum atomic E-state index is -0.719. The highest BCUT2D eigenvalue weighted by atomic mass is 16.5. The first-order valence-corrected chi connectivity index (χ1v) is 6.88. The van der Waals surface area contributed by atoms with Crippen LogP contribution in [0.3, 0.4) is 0 Å². The van der Waals surface area contributed by atoms with Crippen molar-refractivity contribution in [1.82, 2.24) is 9.97 Å². The molecule has 2 rings (SSSR count). The molecule has 6 nitrogen and oxygen atoms in total. The molecule has 1 unspecified atom stereocenters. The molecule has 1 aromatic heterocycles. The number of methoxy groups -OCH3 is 1. The molecule has 1 fully saturated rings. The summed E-state index contributed by atoms with van der Waals surface area (Å²) < 4.78 is 5.21. The summed E-state index contributed by atoms with van der Waals surface area (Å²) in [6.07, 6.45) is 3.66. The lowest BCUT2D eigenvalue weighted by Crippen LogP contribution is -2.48. The van der Waals surface area contributed by atoms with E-state index < -0.39 is 11.4 Å². The molecular weight excluding hydrogens is 258 g/mol. The van der Waals surface area contributed by atoms with Crippen molar-refractivity contribution in [1.29, 1.82) is 0 Å². The Labute approximate surface area is 118 Å². The average molecular weight is 279 g/mol. The SMILES string of the molecule is CCC1(C(=O)O)CCCN(c2ncnc(OC)c2C)C1. The number of hydrogen-bond acceptors (Lipinski definition) is 5. The van der Waals surface area contributed by atoms with Crippen molar-refractivity contribution in [2.24, 2.45) is 5.41 Å². The van der Waals surface area contributed by atoms with Crippen molar-refractivity contribution < 1.29 is 14.6 Å². The van der Waals surface area contributed by atoms with Gasteiger partial charge in [0.2, 0.25) is 5.88 Å². The van der Waals surface area contributed by atoms with Gasteiger partial charge in [0.05, 0.1) is 18.1 Å². The summed E-state index contributed by atoms with van der Waals surface area (Å²) in [7, 11) is 1.57. The van der Waals surface area contributed by atoms with Crippen molar-refractivity contribution in [3.05, 3.63) is 11.9 Å². The van der Waals surface area contributed by atoms with Gasteiger partial charge in [-0.1, -0.05) is 6.92 Å². The lowest BCUT2D eigenvalue weighted by atomic mass is 9.77. The molecule has 0 amide bonds. The molecule has 0 bridgehead atoms. The fourth-order valence-corrected chi connectivity index (χ4v) is 2.88. The van der Waals surface area contributed by atoms with Crippen LogP contribution in [-0.4, -0.2) is 41.2 Å². The molecule has 1 aliphatic heterocycles. The predicted molar refractivity (Wildman–Crippen MR) is 75.1 cm³/mol. The standard InChI is InChI=1S/C14H21N3O3/c1-4-14(13(18)19)6-5-7-17(8-14)11-10(2)12(20-3)16-9-15-11/h9H,4-8H2,1-3H3,(H,18,19). The summed E-state index contributed by atoms with van der Waals surface area (Å²) in [5.74, 6) is 0.594. The Morgan fingerprint density at radius 3 is 2.90 bits per heavy atom. The Hall–Kier alpha value is -1.85. The van der Waals surface area contributed by atoms with E-state index >= 15 is 0 Å². The van der Waals surface area contributed by atoms with E-state index in [0.29, 0.717) is 18.8 Å². The summed E-state index contributed by atoms with van der Waals surface area (Å²) >= 11 is 0. The van der Waals surface area contributed by atoms with Gasteiger partial charge in [-0.15, -0.1) is 0 Å². The second-order valence-electron chi connectivity index (χ2n) is 5.30. The maximum atomic E-state index is 11.6. The number of anilines is 1. The van der Waals surface area contributed by atoms with Gasteiger partial charge >= 0.3 is 5.97 Å². The molecule has 1 N–H and O–H groups in total. The van der Waals surface area contributed by atoms with E-state index in [4.69, 9.17) is 4.74 Å². The van der Waals surface area contributed by atoms with Gasteiger partial charge in [-0.05, 0) is 26.2 Å². The first-order chi connectivity index (χ1) is 9.54. The summed E-state index contributed by atoms with van der Waals surface area (Å²) in [5.41, 5.74) is 0.176. The zero-order chi connectivity index (χ0) is 14.8. The summed E-state index contributed by atoms with van der Waals surface area (Å²) in [4.78, 5) is 22.0. The molecule has 1 aliphatic rings. The smallest absolute Gasteiger partial charge is 0.311 e. The molecule has 20 heavy (non-hydrogen) atoms. The number of carboxylic acids is 1. The summed E-state index contributed by atoms with van der Waals surface area (Å²) in [5, 5.41) is 9.54. The number of nitrogens with zero attached hydrogens (tertiary/aromatic N) is 3. The normalized spacial score (nSPS) is 22.6. The van der Waals surface area contributed by atoms with E-state index in [2.05, 4.69) is 9.97 Å². The molecule has 6 heteroatoms. The quantitative estimate of drug-likeness (QED) is 0.907.